The zero-order chi connectivity index (χ0) is 12.3. The Hall–Kier alpha value is -0.990. The molecule has 0 aromatic carbocycles. The first kappa shape index (κ1) is 13.1. The molecule has 0 aliphatic carbocycles. The standard InChI is InChI=1S/C13H24N2O/c1-6-8-10-11(9-7-2)14-15(12(10)16)13(3,4)5/h16H,6-9H2,1-5H3. The summed E-state index contributed by atoms with van der Waals surface area (Å²) in [6, 6.07) is 0. The van der Waals surface area contributed by atoms with Gasteiger partial charge in [-0.3, -0.25) is 0 Å². The molecule has 1 N–H and O–H groups in total. The topological polar surface area (TPSA) is 38.0 Å². The van der Waals surface area contributed by atoms with Crippen LogP contribution >= 0.6 is 0 Å². The van der Waals surface area contributed by atoms with Crippen molar-refractivity contribution in [2.45, 2.75) is 65.8 Å². The Morgan fingerprint density at radius 3 is 2.12 bits per heavy atom. The van der Waals surface area contributed by atoms with Crippen molar-refractivity contribution in [1.82, 2.24) is 9.78 Å². The van der Waals surface area contributed by atoms with Crippen LogP contribution < -0.4 is 0 Å². The summed E-state index contributed by atoms with van der Waals surface area (Å²) in [6.07, 6.45) is 3.97. The van der Waals surface area contributed by atoms with Crippen LogP contribution in [0, 0.1) is 0 Å². The molecule has 0 unspecified atom stereocenters. The molecule has 1 heterocycles. The van der Waals surface area contributed by atoms with Crippen molar-refractivity contribution in [2.24, 2.45) is 0 Å². The zero-order valence-electron chi connectivity index (χ0n) is 11.2. The molecule has 0 aliphatic rings. The van der Waals surface area contributed by atoms with E-state index in [1.807, 2.05) is 0 Å². The molecule has 0 aliphatic heterocycles. The Kier molecular flexibility index (Phi) is 4.00. The van der Waals surface area contributed by atoms with Gasteiger partial charge in [-0.1, -0.05) is 26.7 Å². The van der Waals surface area contributed by atoms with Crippen molar-refractivity contribution in [3.63, 3.8) is 0 Å². The van der Waals surface area contributed by atoms with Crippen LogP contribution in [-0.4, -0.2) is 14.9 Å². The van der Waals surface area contributed by atoms with Gasteiger partial charge in [-0.2, -0.15) is 5.10 Å². The summed E-state index contributed by atoms with van der Waals surface area (Å²) in [5.41, 5.74) is 1.95. The van der Waals surface area contributed by atoms with Gasteiger partial charge in [0.15, 0.2) is 0 Å². The van der Waals surface area contributed by atoms with Gasteiger partial charge >= 0.3 is 0 Å². The minimum absolute atomic E-state index is 0.154. The maximum absolute atomic E-state index is 10.2. The highest BCUT2D eigenvalue weighted by molar-refractivity contribution is 5.32. The Morgan fingerprint density at radius 2 is 1.69 bits per heavy atom. The molecule has 0 fully saturated rings. The van der Waals surface area contributed by atoms with E-state index in [9.17, 15) is 5.11 Å². The summed E-state index contributed by atoms with van der Waals surface area (Å²) in [7, 11) is 0. The molecule has 92 valence electrons. The number of rotatable bonds is 4. The molecular formula is C13H24N2O. The summed E-state index contributed by atoms with van der Waals surface area (Å²) < 4.78 is 1.75. The first-order chi connectivity index (χ1) is 7.41. The van der Waals surface area contributed by atoms with Gasteiger partial charge < -0.3 is 5.11 Å². The Balaban J connectivity index is 3.18. The molecule has 1 rings (SSSR count). The second-order valence-electron chi connectivity index (χ2n) is 5.33. The predicted octanol–water partition coefficient (Wildman–Crippen LogP) is 3.25. The van der Waals surface area contributed by atoms with Gasteiger partial charge in [0.05, 0.1) is 11.2 Å². The van der Waals surface area contributed by atoms with Crippen LogP contribution in [0.2, 0.25) is 0 Å². The van der Waals surface area contributed by atoms with Crippen molar-refractivity contribution >= 4 is 0 Å². The van der Waals surface area contributed by atoms with Gasteiger partial charge in [0.2, 0.25) is 5.88 Å². The van der Waals surface area contributed by atoms with Crippen LogP contribution in [0.4, 0.5) is 0 Å². The van der Waals surface area contributed by atoms with Crippen LogP contribution in [0.15, 0.2) is 0 Å². The number of hydrogen-bond donors (Lipinski definition) is 1. The Morgan fingerprint density at radius 1 is 1.12 bits per heavy atom. The first-order valence-electron chi connectivity index (χ1n) is 6.22. The van der Waals surface area contributed by atoms with E-state index < -0.39 is 0 Å². The predicted molar refractivity (Wildman–Crippen MR) is 66.9 cm³/mol. The lowest BCUT2D eigenvalue weighted by molar-refractivity contribution is 0.292. The fourth-order valence-corrected chi connectivity index (χ4v) is 1.90. The molecular weight excluding hydrogens is 200 g/mol. The maximum Gasteiger partial charge on any atom is 0.213 e. The van der Waals surface area contributed by atoms with Gasteiger partial charge in [0.25, 0.3) is 0 Å². The van der Waals surface area contributed by atoms with Crippen molar-refractivity contribution in [3.05, 3.63) is 11.3 Å². The maximum atomic E-state index is 10.2. The van der Waals surface area contributed by atoms with Gasteiger partial charge in [0.1, 0.15) is 0 Å². The number of aromatic nitrogens is 2. The second-order valence-corrected chi connectivity index (χ2v) is 5.33. The smallest absolute Gasteiger partial charge is 0.213 e. The minimum Gasteiger partial charge on any atom is -0.493 e. The molecule has 0 amide bonds. The lowest BCUT2D eigenvalue weighted by Crippen LogP contribution is -2.22. The van der Waals surface area contributed by atoms with Gasteiger partial charge in [-0.15, -0.1) is 0 Å². The third kappa shape index (κ3) is 2.57. The zero-order valence-corrected chi connectivity index (χ0v) is 11.2. The minimum atomic E-state index is -0.154. The Bertz CT molecular complexity index is 348. The largest absolute Gasteiger partial charge is 0.493 e. The van der Waals surface area contributed by atoms with E-state index in [4.69, 9.17) is 0 Å². The van der Waals surface area contributed by atoms with E-state index in [2.05, 4.69) is 39.7 Å². The van der Waals surface area contributed by atoms with Crippen molar-refractivity contribution < 1.29 is 5.11 Å². The molecule has 1 aromatic rings. The van der Waals surface area contributed by atoms with Crippen molar-refractivity contribution in [3.8, 4) is 5.88 Å². The molecule has 3 heteroatoms. The molecule has 0 bridgehead atoms. The summed E-state index contributed by atoms with van der Waals surface area (Å²) in [4.78, 5) is 0. The van der Waals surface area contributed by atoms with E-state index in [-0.39, 0.29) is 5.54 Å². The molecule has 16 heavy (non-hydrogen) atoms. The summed E-state index contributed by atoms with van der Waals surface area (Å²) in [5.74, 6) is 0.359. The molecule has 3 nitrogen and oxygen atoms in total. The fourth-order valence-electron chi connectivity index (χ4n) is 1.90. The lowest BCUT2D eigenvalue weighted by Gasteiger charge is -2.20. The van der Waals surface area contributed by atoms with Gasteiger partial charge in [-0.25, -0.2) is 4.68 Å². The van der Waals surface area contributed by atoms with Crippen LogP contribution in [0.1, 0.15) is 58.7 Å². The normalized spacial score (nSPS) is 12.1. The molecule has 0 spiro atoms. The van der Waals surface area contributed by atoms with Crippen LogP contribution in [0.25, 0.3) is 0 Å². The SMILES string of the molecule is CCCc1nn(C(C)(C)C)c(O)c1CCC. The van der Waals surface area contributed by atoms with Crippen molar-refractivity contribution in [2.75, 3.05) is 0 Å². The Labute approximate surface area is 98.5 Å². The number of aromatic hydroxyl groups is 1. The third-order valence-electron chi connectivity index (χ3n) is 2.66. The molecule has 0 saturated carbocycles. The molecule has 0 radical (unpaired) electrons. The average molecular weight is 224 g/mol. The highest BCUT2D eigenvalue weighted by atomic mass is 16.3. The molecule has 0 atom stereocenters. The van der Waals surface area contributed by atoms with Crippen LogP contribution in [-0.2, 0) is 18.4 Å². The van der Waals surface area contributed by atoms with Gasteiger partial charge in [-0.05, 0) is 33.6 Å². The van der Waals surface area contributed by atoms with Gasteiger partial charge in [0, 0.05) is 5.56 Å². The summed E-state index contributed by atoms with van der Waals surface area (Å²) in [5, 5.41) is 14.8. The first-order valence-corrected chi connectivity index (χ1v) is 6.22. The second kappa shape index (κ2) is 4.89. The highest BCUT2D eigenvalue weighted by Crippen LogP contribution is 2.29. The number of nitrogens with zero attached hydrogens (tertiary/aromatic N) is 2. The van der Waals surface area contributed by atoms with E-state index in [1.165, 1.54) is 0 Å². The monoisotopic (exact) mass is 224 g/mol. The summed E-state index contributed by atoms with van der Waals surface area (Å²) >= 11 is 0. The van der Waals surface area contributed by atoms with Crippen LogP contribution in [0.3, 0.4) is 0 Å². The van der Waals surface area contributed by atoms with Crippen LogP contribution in [0.5, 0.6) is 5.88 Å². The molecule has 1 aromatic heterocycles. The number of aryl methyl sites for hydroxylation is 1. The third-order valence-corrected chi connectivity index (χ3v) is 2.66. The van der Waals surface area contributed by atoms with E-state index >= 15 is 0 Å². The average Bonchev–Trinajstić information content (AvgIpc) is 2.46. The lowest BCUT2D eigenvalue weighted by atomic mass is 10.1. The van der Waals surface area contributed by atoms with E-state index in [0.29, 0.717) is 5.88 Å². The van der Waals surface area contributed by atoms with E-state index in [0.717, 1.165) is 36.9 Å². The van der Waals surface area contributed by atoms with E-state index in [1.54, 1.807) is 4.68 Å². The number of hydrogen-bond acceptors (Lipinski definition) is 2. The summed E-state index contributed by atoms with van der Waals surface area (Å²) in [6.45, 7) is 10.5. The molecule has 0 saturated heterocycles. The van der Waals surface area contributed by atoms with Crippen molar-refractivity contribution in [1.29, 1.82) is 0 Å². The fraction of sp³-hybridized carbons (Fsp3) is 0.769. The quantitative estimate of drug-likeness (QED) is 0.852. The highest BCUT2D eigenvalue weighted by Gasteiger charge is 2.23.